The first-order valence-corrected chi connectivity index (χ1v) is 8.80. The van der Waals surface area contributed by atoms with Crippen molar-refractivity contribution in [2.75, 3.05) is 5.32 Å². The highest BCUT2D eigenvalue weighted by molar-refractivity contribution is 9.11. The van der Waals surface area contributed by atoms with Crippen molar-refractivity contribution in [3.63, 3.8) is 0 Å². The van der Waals surface area contributed by atoms with Crippen LogP contribution in [0.2, 0.25) is 5.02 Å². The highest BCUT2D eigenvalue weighted by Crippen LogP contribution is 2.35. The van der Waals surface area contributed by atoms with E-state index in [1.54, 1.807) is 0 Å². The maximum atomic E-state index is 6.31. The molecule has 0 atom stereocenters. The summed E-state index contributed by atoms with van der Waals surface area (Å²) < 4.78 is 4.89. The zero-order valence-corrected chi connectivity index (χ0v) is 16.5. The Morgan fingerprint density at radius 2 is 1.85 bits per heavy atom. The molecule has 108 valence electrons. The van der Waals surface area contributed by atoms with Crippen LogP contribution < -0.4 is 5.32 Å². The Kier molecular flexibility index (Phi) is 5.56. The van der Waals surface area contributed by atoms with E-state index in [2.05, 4.69) is 65.1 Å². The molecule has 0 amide bonds. The van der Waals surface area contributed by atoms with Crippen LogP contribution in [0.25, 0.3) is 0 Å². The van der Waals surface area contributed by atoms with Crippen LogP contribution in [0.1, 0.15) is 18.3 Å². The minimum absolute atomic E-state index is 0.617. The van der Waals surface area contributed by atoms with Crippen molar-refractivity contribution in [1.82, 2.24) is 9.78 Å². The maximum Gasteiger partial charge on any atom is 0.0865 e. The number of hydrogen-bond acceptors (Lipinski definition) is 2. The molecular weight excluding hydrogens is 473 g/mol. The van der Waals surface area contributed by atoms with E-state index in [0.717, 1.165) is 42.1 Å². The first-order chi connectivity index (χ1) is 9.43. The van der Waals surface area contributed by atoms with Gasteiger partial charge in [0.1, 0.15) is 0 Å². The number of aromatic nitrogens is 2. The summed E-state index contributed by atoms with van der Waals surface area (Å²) in [6.07, 6.45) is 0. The van der Waals surface area contributed by atoms with Crippen LogP contribution in [0.5, 0.6) is 0 Å². The quantitative estimate of drug-likeness (QED) is 0.595. The number of hydrogen-bond donors (Lipinski definition) is 1. The Morgan fingerprint density at radius 1 is 1.25 bits per heavy atom. The minimum atomic E-state index is 0.617. The van der Waals surface area contributed by atoms with E-state index < -0.39 is 0 Å². The van der Waals surface area contributed by atoms with E-state index in [4.69, 9.17) is 11.6 Å². The minimum Gasteiger partial charge on any atom is -0.378 e. The predicted octanol–water partition coefficient (Wildman–Crippen LogP) is 5.76. The van der Waals surface area contributed by atoms with E-state index in [1.807, 2.05) is 23.7 Å². The molecule has 2 rings (SSSR count). The molecule has 3 nitrogen and oxygen atoms in total. The lowest BCUT2D eigenvalue weighted by Gasteiger charge is -2.12. The van der Waals surface area contributed by atoms with Crippen molar-refractivity contribution in [1.29, 1.82) is 0 Å². The van der Waals surface area contributed by atoms with Crippen molar-refractivity contribution in [2.24, 2.45) is 0 Å². The third kappa shape index (κ3) is 3.40. The van der Waals surface area contributed by atoms with Gasteiger partial charge in [0.05, 0.1) is 28.6 Å². The largest absolute Gasteiger partial charge is 0.378 e. The summed E-state index contributed by atoms with van der Waals surface area (Å²) >= 11 is 16.9. The van der Waals surface area contributed by atoms with Crippen LogP contribution in [0.4, 0.5) is 5.69 Å². The van der Waals surface area contributed by atoms with Gasteiger partial charge in [-0.2, -0.15) is 5.10 Å². The highest BCUT2D eigenvalue weighted by atomic mass is 79.9. The SMILES string of the molecule is CCn1nc(C)c(Cl)c1CNc1c(Br)cc(Br)cc1Br. The van der Waals surface area contributed by atoms with Crippen LogP contribution in [-0.2, 0) is 13.1 Å². The molecule has 1 heterocycles. The van der Waals surface area contributed by atoms with Gasteiger partial charge in [-0.15, -0.1) is 0 Å². The van der Waals surface area contributed by atoms with Crippen molar-refractivity contribution in [3.8, 4) is 0 Å². The maximum absolute atomic E-state index is 6.31. The fraction of sp³-hybridized carbons (Fsp3) is 0.308. The number of anilines is 1. The van der Waals surface area contributed by atoms with E-state index in [1.165, 1.54) is 0 Å². The van der Waals surface area contributed by atoms with Crippen molar-refractivity contribution >= 4 is 65.1 Å². The summed E-state index contributed by atoms with van der Waals surface area (Å²) in [6.45, 7) is 5.39. The molecule has 0 radical (unpaired) electrons. The molecule has 0 aliphatic heterocycles. The van der Waals surface area contributed by atoms with E-state index in [9.17, 15) is 0 Å². The van der Waals surface area contributed by atoms with Crippen molar-refractivity contribution in [2.45, 2.75) is 26.9 Å². The number of aryl methyl sites for hydroxylation is 2. The summed E-state index contributed by atoms with van der Waals surface area (Å²) in [5, 5.41) is 8.53. The van der Waals surface area contributed by atoms with Crippen LogP contribution in [0.3, 0.4) is 0 Å². The van der Waals surface area contributed by atoms with Gasteiger partial charge in [0.25, 0.3) is 0 Å². The van der Waals surface area contributed by atoms with Crippen molar-refractivity contribution < 1.29 is 0 Å². The molecule has 1 N–H and O–H groups in total. The van der Waals surface area contributed by atoms with Gasteiger partial charge >= 0.3 is 0 Å². The monoisotopic (exact) mass is 483 g/mol. The molecule has 1 aromatic carbocycles. The average Bonchev–Trinajstić information content (AvgIpc) is 2.64. The van der Waals surface area contributed by atoms with Crippen LogP contribution >= 0.6 is 59.4 Å². The summed E-state index contributed by atoms with van der Waals surface area (Å²) in [4.78, 5) is 0. The number of nitrogens with one attached hydrogen (secondary N) is 1. The fourth-order valence-electron chi connectivity index (χ4n) is 1.92. The predicted molar refractivity (Wildman–Crippen MR) is 94.5 cm³/mol. The third-order valence-electron chi connectivity index (χ3n) is 2.89. The lowest BCUT2D eigenvalue weighted by molar-refractivity contribution is 0.623. The Balaban J connectivity index is 2.26. The lowest BCUT2D eigenvalue weighted by atomic mass is 10.3. The fourth-order valence-corrected chi connectivity index (χ4v) is 4.66. The molecule has 0 spiro atoms. The summed E-state index contributed by atoms with van der Waals surface area (Å²) in [7, 11) is 0. The number of halogens is 4. The van der Waals surface area contributed by atoms with Crippen LogP contribution in [-0.4, -0.2) is 9.78 Å². The summed E-state index contributed by atoms with van der Waals surface area (Å²) in [5.41, 5.74) is 2.85. The molecule has 0 aliphatic rings. The Bertz CT molecular complexity index is 617. The van der Waals surface area contributed by atoms with Crippen LogP contribution in [0, 0.1) is 6.92 Å². The normalized spacial score (nSPS) is 10.9. The molecule has 0 saturated carbocycles. The topological polar surface area (TPSA) is 29.9 Å². The Morgan fingerprint density at radius 3 is 2.40 bits per heavy atom. The van der Waals surface area contributed by atoms with Crippen molar-refractivity contribution in [3.05, 3.63) is 42.0 Å². The zero-order chi connectivity index (χ0) is 14.9. The molecule has 0 unspecified atom stereocenters. The molecule has 2 aromatic rings. The molecular formula is C13H13Br3ClN3. The number of nitrogens with zero attached hydrogens (tertiary/aromatic N) is 2. The van der Waals surface area contributed by atoms with Gasteiger partial charge in [-0.3, -0.25) is 4.68 Å². The zero-order valence-electron chi connectivity index (χ0n) is 11.0. The van der Waals surface area contributed by atoms with Gasteiger partial charge in [-0.25, -0.2) is 0 Å². The number of rotatable bonds is 4. The molecule has 0 aliphatic carbocycles. The third-order valence-corrected chi connectivity index (χ3v) is 5.09. The lowest BCUT2D eigenvalue weighted by Crippen LogP contribution is -2.09. The van der Waals surface area contributed by atoms with Gasteiger partial charge in [0.2, 0.25) is 0 Å². The molecule has 1 aromatic heterocycles. The molecule has 0 fully saturated rings. The van der Waals surface area contributed by atoms with E-state index in [-0.39, 0.29) is 0 Å². The first-order valence-electron chi connectivity index (χ1n) is 6.04. The standard InChI is InChI=1S/C13H13Br3ClN3/c1-3-20-11(12(17)7(2)19-20)6-18-13-9(15)4-8(14)5-10(13)16/h4-5,18H,3,6H2,1-2H3. The van der Waals surface area contributed by atoms with Gasteiger partial charge in [0, 0.05) is 20.0 Å². The van der Waals surface area contributed by atoms with E-state index >= 15 is 0 Å². The molecule has 0 saturated heterocycles. The second-order valence-corrected chi connectivity index (χ2v) is 7.26. The molecule has 7 heteroatoms. The molecule has 20 heavy (non-hydrogen) atoms. The molecule has 0 bridgehead atoms. The van der Waals surface area contributed by atoms with Gasteiger partial charge in [-0.05, 0) is 57.8 Å². The first kappa shape index (κ1) is 16.3. The Hall–Kier alpha value is -0.0400. The number of benzene rings is 1. The van der Waals surface area contributed by atoms with Crippen LogP contribution in [0.15, 0.2) is 25.6 Å². The smallest absolute Gasteiger partial charge is 0.0865 e. The Labute approximate surface area is 148 Å². The second-order valence-electron chi connectivity index (χ2n) is 4.26. The van der Waals surface area contributed by atoms with E-state index in [0.29, 0.717) is 6.54 Å². The average molecular weight is 486 g/mol. The highest BCUT2D eigenvalue weighted by Gasteiger charge is 2.13. The van der Waals surface area contributed by atoms with Gasteiger partial charge in [0.15, 0.2) is 0 Å². The van der Waals surface area contributed by atoms with Gasteiger partial charge < -0.3 is 5.32 Å². The second kappa shape index (κ2) is 6.81. The summed E-state index contributed by atoms with van der Waals surface area (Å²) in [6, 6.07) is 3.99. The summed E-state index contributed by atoms with van der Waals surface area (Å²) in [5.74, 6) is 0. The van der Waals surface area contributed by atoms with Gasteiger partial charge in [-0.1, -0.05) is 27.5 Å².